The van der Waals surface area contributed by atoms with Crippen LogP contribution in [-0.2, 0) is 17.1 Å². The summed E-state index contributed by atoms with van der Waals surface area (Å²) in [6, 6.07) is 7.00. The van der Waals surface area contributed by atoms with Gasteiger partial charge in [-0.15, -0.1) is 0 Å². The predicted octanol–water partition coefficient (Wildman–Crippen LogP) is 4.85. The molecule has 7 nitrogen and oxygen atoms in total. The van der Waals surface area contributed by atoms with Gasteiger partial charge in [-0.25, -0.2) is 9.59 Å². The third-order valence-electron chi connectivity index (χ3n) is 4.07. The summed E-state index contributed by atoms with van der Waals surface area (Å²) >= 11 is 0. The largest absolute Gasteiger partial charge is 0.508 e. The molecule has 180 valence electrons. The van der Waals surface area contributed by atoms with E-state index in [2.05, 4.69) is 8.83 Å². The van der Waals surface area contributed by atoms with Crippen LogP contribution < -0.4 is 11.3 Å². The number of benzene rings is 2. The highest BCUT2D eigenvalue weighted by Gasteiger charge is 2.34. The fourth-order valence-electron chi connectivity index (χ4n) is 2.77. The lowest BCUT2D eigenvalue weighted by molar-refractivity contribution is -0.137. The van der Waals surface area contributed by atoms with Crippen LogP contribution in [0.4, 0.5) is 26.3 Å². The molecule has 0 aliphatic rings. The van der Waals surface area contributed by atoms with Crippen LogP contribution in [0.2, 0.25) is 0 Å². The number of phenolic OH excluding ortho intramolecular Hbond substituents is 2. The summed E-state index contributed by atoms with van der Waals surface area (Å²) in [5.41, 5.74) is -4.94. The van der Waals surface area contributed by atoms with Crippen molar-refractivity contribution in [2.75, 3.05) is 0 Å². The summed E-state index contributed by atoms with van der Waals surface area (Å²) in [5, 5.41) is 17.6. The topological polar surface area (TPSA) is 118 Å². The molecule has 0 aliphatic carbocycles. The molecule has 0 atom stereocenters. The summed E-state index contributed by atoms with van der Waals surface area (Å²) in [7, 11) is 0. The van der Waals surface area contributed by atoms with Crippen LogP contribution in [0.1, 0.15) is 11.1 Å². The van der Waals surface area contributed by atoms with Crippen molar-refractivity contribution < 1.29 is 50.2 Å². The summed E-state index contributed by atoms with van der Waals surface area (Å²) < 4.78 is 84.5. The van der Waals surface area contributed by atoms with E-state index in [4.69, 9.17) is 15.0 Å². The van der Waals surface area contributed by atoms with Crippen molar-refractivity contribution in [1.82, 2.24) is 0 Å². The fraction of sp³-hybridized carbons (Fsp3) is 0.0952. The lowest BCUT2D eigenvalue weighted by Crippen LogP contribution is -2.10. The van der Waals surface area contributed by atoms with E-state index < -0.39 is 34.7 Å². The number of carbonyl (C=O) groups excluding carboxylic acids is 1. The Balaban J connectivity index is 0.000000224. The molecule has 34 heavy (non-hydrogen) atoms. The summed E-state index contributed by atoms with van der Waals surface area (Å²) in [4.78, 5) is 29.8. The van der Waals surface area contributed by atoms with Gasteiger partial charge in [0.15, 0.2) is 0 Å². The van der Waals surface area contributed by atoms with Gasteiger partial charge < -0.3 is 23.8 Å². The molecular formula is C21H12F6O7. The monoisotopic (exact) mass is 490 g/mol. The number of hydrogen-bond donors (Lipinski definition) is 2. The first-order valence-corrected chi connectivity index (χ1v) is 8.73. The Labute approximate surface area is 184 Å². The van der Waals surface area contributed by atoms with Gasteiger partial charge in [-0.3, -0.25) is 0 Å². The first-order chi connectivity index (χ1) is 15.8. The Morgan fingerprint density at radius 2 is 0.941 bits per heavy atom. The van der Waals surface area contributed by atoms with Gasteiger partial charge in [0.05, 0.1) is 11.1 Å². The van der Waals surface area contributed by atoms with Gasteiger partial charge in [-0.1, -0.05) is 0 Å². The number of fused-ring (bicyclic) bond motifs is 2. The second-order valence-corrected chi connectivity index (χ2v) is 6.31. The Hall–Kier alpha value is -4.29. The molecule has 2 aromatic carbocycles. The van der Waals surface area contributed by atoms with Crippen molar-refractivity contribution >= 4 is 28.7 Å². The lowest BCUT2D eigenvalue weighted by Gasteiger charge is -2.08. The van der Waals surface area contributed by atoms with Crippen molar-refractivity contribution in [2.45, 2.75) is 12.4 Å². The number of rotatable bonds is 0. The highest BCUT2D eigenvalue weighted by molar-refractivity contribution is 5.82. The van der Waals surface area contributed by atoms with E-state index in [9.17, 15) is 35.9 Å². The number of halogens is 6. The number of carbonyl (C=O) groups is 1. The molecule has 2 heterocycles. The molecule has 0 saturated heterocycles. The van der Waals surface area contributed by atoms with E-state index in [1.54, 1.807) is 0 Å². The Morgan fingerprint density at radius 3 is 1.24 bits per heavy atom. The van der Waals surface area contributed by atoms with Gasteiger partial charge in [-0.2, -0.15) is 26.3 Å². The molecule has 0 unspecified atom stereocenters. The fourth-order valence-corrected chi connectivity index (χ4v) is 2.77. The predicted molar refractivity (Wildman–Crippen MR) is 105 cm³/mol. The molecule has 0 aliphatic heterocycles. The van der Waals surface area contributed by atoms with Crippen molar-refractivity contribution in [3.8, 4) is 11.5 Å². The van der Waals surface area contributed by atoms with Crippen LogP contribution in [0.5, 0.6) is 11.5 Å². The van der Waals surface area contributed by atoms with E-state index in [0.717, 1.165) is 36.4 Å². The molecule has 4 aromatic rings. The first kappa shape index (κ1) is 26.0. The summed E-state index contributed by atoms with van der Waals surface area (Å²) in [6.07, 6.45) is -9.27. The second kappa shape index (κ2) is 9.68. The molecule has 2 aromatic heterocycles. The lowest BCUT2D eigenvalue weighted by atomic mass is 10.1. The van der Waals surface area contributed by atoms with E-state index in [1.165, 1.54) is 0 Å². The summed E-state index contributed by atoms with van der Waals surface area (Å²) in [6.45, 7) is 2.00. The third kappa shape index (κ3) is 5.94. The second-order valence-electron chi connectivity index (χ2n) is 6.31. The van der Waals surface area contributed by atoms with E-state index in [-0.39, 0.29) is 33.4 Å². The average Bonchev–Trinajstić information content (AvgIpc) is 2.72. The standard InChI is InChI=1S/2C10H5F3O3.CH2O/c2*11-10(12,13)7-4-9(15)16-8-3-5(14)1-2-6(7)8;1-2/h2*1-4,14H;1H2. The van der Waals surface area contributed by atoms with Gasteiger partial charge in [0.1, 0.15) is 29.5 Å². The Bertz CT molecular complexity index is 1330. The SMILES string of the molecule is C=O.O=c1cc(C(F)(F)F)c2ccc(O)cc2o1.O=c1cc(C(F)(F)F)c2ccc(O)cc2o1. The van der Waals surface area contributed by atoms with Gasteiger partial charge in [0.2, 0.25) is 0 Å². The maximum atomic E-state index is 12.6. The molecule has 0 amide bonds. The van der Waals surface area contributed by atoms with Crippen LogP contribution >= 0.6 is 0 Å². The Morgan fingerprint density at radius 1 is 0.618 bits per heavy atom. The minimum Gasteiger partial charge on any atom is -0.508 e. The summed E-state index contributed by atoms with van der Waals surface area (Å²) in [5.74, 6) is -0.537. The zero-order valence-corrected chi connectivity index (χ0v) is 16.5. The average molecular weight is 490 g/mol. The zero-order chi connectivity index (χ0) is 25.8. The van der Waals surface area contributed by atoms with Crippen molar-refractivity contribution in [1.29, 1.82) is 0 Å². The van der Waals surface area contributed by atoms with Crippen molar-refractivity contribution in [2.24, 2.45) is 0 Å². The van der Waals surface area contributed by atoms with Crippen LogP contribution in [0, 0.1) is 0 Å². The normalized spacial score (nSPS) is 11.4. The smallest absolute Gasteiger partial charge is 0.417 e. The number of aromatic hydroxyl groups is 2. The molecule has 0 saturated carbocycles. The highest BCUT2D eigenvalue weighted by Crippen LogP contribution is 2.35. The number of alkyl halides is 6. The van der Waals surface area contributed by atoms with Gasteiger partial charge >= 0.3 is 23.6 Å². The Kier molecular flexibility index (Phi) is 7.40. The van der Waals surface area contributed by atoms with Gasteiger partial charge in [0, 0.05) is 35.0 Å². The number of hydrogen-bond acceptors (Lipinski definition) is 7. The van der Waals surface area contributed by atoms with Gasteiger partial charge in [0.25, 0.3) is 0 Å². The molecular weight excluding hydrogens is 478 g/mol. The third-order valence-corrected chi connectivity index (χ3v) is 4.07. The maximum Gasteiger partial charge on any atom is 0.417 e. The molecule has 0 fully saturated rings. The van der Waals surface area contributed by atoms with Crippen LogP contribution in [0.15, 0.2) is 67.0 Å². The van der Waals surface area contributed by atoms with E-state index in [0.29, 0.717) is 12.1 Å². The zero-order valence-electron chi connectivity index (χ0n) is 16.5. The quantitative estimate of drug-likeness (QED) is 0.267. The first-order valence-electron chi connectivity index (χ1n) is 8.73. The molecule has 0 radical (unpaired) electrons. The molecule has 13 heteroatoms. The van der Waals surface area contributed by atoms with Crippen LogP contribution in [0.3, 0.4) is 0 Å². The minimum atomic E-state index is -4.63. The van der Waals surface area contributed by atoms with Crippen LogP contribution in [-0.4, -0.2) is 17.0 Å². The maximum absolute atomic E-state index is 12.6. The van der Waals surface area contributed by atoms with Gasteiger partial charge in [-0.05, 0) is 24.3 Å². The van der Waals surface area contributed by atoms with Crippen molar-refractivity contribution in [3.05, 3.63) is 80.5 Å². The molecule has 0 bridgehead atoms. The number of phenols is 2. The van der Waals surface area contributed by atoms with E-state index in [1.807, 2.05) is 6.79 Å². The van der Waals surface area contributed by atoms with Crippen molar-refractivity contribution in [3.63, 3.8) is 0 Å². The molecule has 0 spiro atoms. The van der Waals surface area contributed by atoms with Crippen LogP contribution in [0.25, 0.3) is 21.9 Å². The van der Waals surface area contributed by atoms with E-state index >= 15 is 0 Å². The minimum absolute atomic E-state index is 0.259. The molecule has 2 N–H and O–H groups in total. The molecule has 4 rings (SSSR count). The highest BCUT2D eigenvalue weighted by atomic mass is 19.4.